The lowest BCUT2D eigenvalue weighted by atomic mass is 9.76. The summed E-state index contributed by atoms with van der Waals surface area (Å²) in [6, 6.07) is 0.158. The number of carbonyl (C=O) groups is 1. The van der Waals surface area contributed by atoms with Crippen molar-refractivity contribution in [1.29, 1.82) is 0 Å². The van der Waals surface area contributed by atoms with E-state index < -0.39 is 0 Å². The van der Waals surface area contributed by atoms with Gasteiger partial charge in [-0.3, -0.25) is 9.69 Å². The molecule has 3 nitrogen and oxygen atoms in total. The zero-order valence-electron chi connectivity index (χ0n) is 9.83. The summed E-state index contributed by atoms with van der Waals surface area (Å²) in [6.07, 6.45) is 4.94. The maximum Gasteiger partial charge on any atom is 0.237 e. The molecule has 0 spiro atoms. The number of likely N-dealkylation sites (tertiary alicyclic amines) is 1. The molecule has 1 N–H and O–H groups in total. The molecule has 0 bridgehead atoms. The molecular formula is C12H22N2O. The van der Waals surface area contributed by atoms with Gasteiger partial charge in [0.1, 0.15) is 0 Å². The van der Waals surface area contributed by atoms with Gasteiger partial charge >= 0.3 is 0 Å². The number of nitrogens with zero attached hydrogens (tertiary/aromatic N) is 1. The van der Waals surface area contributed by atoms with Crippen LogP contribution in [0.15, 0.2) is 0 Å². The fourth-order valence-corrected chi connectivity index (χ4v) is 3.06. The number of hydrogen-bond acceptors (Lipinski definition) is 2. The smallest absolute Gasteiger partial charge is 0.237 e. The van der Waals surface area contributed by atoms with Crippen LogP contribution in [0.4, 0.5) is 0 Å². The van der Waals surface area contributed by atoms with E-state index in [1.807, 2.05) is 0 Å². The molecule has 1 amide bonds. The summed E-state index contributed by atoms with van der Waals surface area (Å²) < 4.78 is 0. The SMILES string of the molecule is CNC(=O)C1CCCN1CC1CC(C)C1. The van der Waals surface area contributed by atoms with Gasteiger partial charge in [0.2, 0.25) is 5.91 Å². The fraction of sp³-hybridized carbons (Fsp3) is 0.917. The van der Waals surface area contributed by atoms with E-state index in [0.29, 0.717) is 0 Å². The molecule has 1 unspecified atom stereocenters. The molecule has 2 aliphatic rings. The van der Waals surface area contributed by atoms with Crippen molar-refractivity contribution in [3.63, 3.8) is 0 Å². The minimum atomic E-state index is 0.158. The van der Waals surface area contributed by atoms with E-state index in [4.69, 9.17) is 0 Å². The van der Waals surface area contributed by atoms with Crippen molar-refractivity contribution in [2.24, 2.45) is 11.8 Å². The Morgan fingerprint density at radius 3 is 2.80 bits per heavy atom. The summed E-state index contributed by atoms with van der Waals surface area (Å²) in [5.74, 6) is 1.97. The summed E-state index contributed by atoms with van der Waals surface area (Å²) in [5.41, 5.74) is 0. The van der Waals surface area contributed by atoms with E-state index in [-0.39, 0.29) is 11.9 Å². The lowest BCUT2D eigenvalue weighted by Crippen LogP contribution is -2.45. The third-order valence-corrected chi connectivity index (χ3v) is 3.88. The van der Waals surface area contributed by atoms with Crippen molar-refractivity contribution in [2.45, 2.75) is 38.6 Å². The topological polar surface area (TPSA) is 32.3 Å². The van der Waals surface area contributed by atoms with Crippen LogP contribution in [0.1, 0.15) is 32.6 Å². The van der Waals surface area contributed by atoms with Crippen LogP contribution in [-0.2, 0) is 4.79 Å². The van der Waals surface area contributed by atoms with Gasteiger partial charge < -0.3 is 5.32 Å². The van der Waals surface area contributed by atoms with Crippen LogP contribution in [0.5, 0.6) is 0 Å². The molecule has 1 saturated heterocycles. The second-order valence-corrected chi connectivity index (χ2v) is 5.21. The summed E-state index contributed by atoms with van der Waals surface area (Å²) in [4.78, 5) is 14.0. The molecule has 1 aliphatic heterocycles. The molecule has 0 aromatic heterocycles. The van der Waals surface area contributed by atoms with E-state index in [0.717, 1.165) is 31.3 Å². The van der Waals surface area contributed by atoms with Gasteiger partial charge in [-0.15, -0.1) is 0 Å². The number of carbonyl (C=O) groups excluding carboxylic acids is 1. The van der Waals surface area contributed by atoms with Gasteiger partial charge in [0, 0.05) is 13.6 Å². The maximum atomic E-state index is 11.6. The Bertz CT molecular complexity index is 236. The Morgan fingerprint density at radius 2 is 2.20 bits per heavy atom. The Balaban J connectivity index is 1.82. The highest BCUT2D eigenvalue weighted by molar-refractivity contribution is 5.81. The van der Waals surface area contributed by atoms with Gasteiger partial charge in [0.15, 0.2) is 0 Å². The zero-order valence-corrected chi connectivity index (χ0v) is 9.83. The largest absolute Gasteiger partial charge is 0.358 e. The van der Waals surface area contributed by atoms with Crippen LogP contribution < -0.4 is 5.32 Å². The highest BCUT2D eigenvalue weighted by Gasteiger charge is 2.34. The second kappa shape index (κ2) is 4.52. The normalized spacial score (nSPS) is 36.3. The molecule has 0 aromatic carbocycles. The van der Waals surface area contributed by atoms with Crippen LogP contribution in [-0.4, -0.2) is 37.0 Å². The van der Waals surface area contributed by atoms with E-state index in [9.17, 15) is 4.79 Å². The van der Waals surface area contributed by atoms with Gasteiger partial charge in [-0.2, -0.15) is 0 Å². The summed E-state index contributed by atoms with van der Waals surface area (Å²) in [5, 5.41) is 2.77. The number of rotatable bonds is 3. The first-order valence-corrected chi connectivity index (χ1v) is 6.16. The van der Waals surface area contributed by atoms with Gasteiger partial charge in [-0.25, -0.2) is 0 Å². The molecule has 86 valence electrons. The van der Waals surface area contributed by atoms with Crippen molar-refractivity contribution >= 4 is 5.91 Å². The van der Waals surface area contributed by atoms with Crippen molar-refractivity contribution < 1.29 is 4.79 Å². The fourth-order valence-electron chi connectivity index (χ4n) is 3.06. The monoisotopic (exact) mass is 210 g/mol. The Hall–Kier alpha value is -0.570. The molecule has 1 atom stereocenters. The molecular weight excluding hydrogens is 188 g/mol. The second-order valence-electron chi connectivity index (χ2n) is 5.21. The van der Waals surface area contributed by atoms with Crippen LogP contribution in [0.3, 0.4) is 0 Å². The van der Waals surface area contributed by atoms with Gasteiger partial charge in [0.05, 0.1) is 6.04 Å². The van der Waals surface area contributed by atoms with Crippen molar-refractivity contribution in [3.05, 3.63) is 0 Å². The number of nitrogens with one attached hydrogen (secondary N) is 1. The average Bonchev–Trinajstić information content (AvgIpc) is 2.62. The predicted molar refractivity (Wildman–Crippen MR) is 60.5 cm³/mol. The van der Waals surface area contributed by atoms with Crippen molar-refractivity contribution in [3.8, 4) is 0 Å². The number of likely N-dealkylation sites (N-methyl/N-ethyl adjacent to an activating group) is 1. The molecule has 2 rings (SSSR count). The molecule has 1 saturated carbocycles. The summed E-state index contributed by atoms with van der Waals surface area (Å²) >= 11 is 0. The Labute approximate surface area is 92.2 Å². The van der Waals surface area contributed by atoms with Crippen molar-refractivity contribution in [1.82, 2.24) is 10.2 Å². The quantitative estimate of drug-likeness (QED) is 0.760. The van der Waals surface area contributed by atoms with E-state index >= 15 is 0 Å². The minimum absolute atomic E-state index is 0.158. The number of amides is 1. The molecule has 1 aliphatic carbocycles. The molecule has 3 heteroatoms. The first-order valence-electron chi connectivity index (χ1n) is 6.16. The van der Waals surface area contributed by atoms with Gasteiger partial charge in [-0.05, 0) is 44.1 Å². The highest BCUT2D eigenvalue weighted by atomic mass is 16.2. The lowest BCUT2D eigenvalue weighted by Gasteiger charge is -2.37. The van der Waals surface area contributed by atoms with Crippen LogP contribution >= 0.6 is 0 Å². The van der Waals surface area contributed by atoms with E-state index in [2.05, 4.69) is 17.1 Å². The third-order valence-electron chi connectivity index (χ3n) is 3.88. The van der Waals surface area contributed by atoms with Gasteiger partial charge in [-0.1, -0.05) is 6.92 Å². The molecule has 0 radical (unpaired) electrons. The first-order chi connectivity index (χ1) is 7.20. The molecule has 2 fully saturated rings. The third kappa shape index (κ3) is 2.33. The first kappa shape index (κ1) is 10.9. The Kier molecular flexibility index (Phi) is 3.29. The van der Waals surface area contributed by atoms with E-state index in [1.165, 1.54) is 19.3 Å². The van der Waals surface area contributed by atoms with Crippen LogP contribution in [0, 0.1) is 11.8 Å². The molecule has 0 aromatic rings. The van der Waals surface area contributed by atoms with E-state index in [1.54, 1.807) is 7.05 Å². The van der Waals surface area contributed by atoms with Crippen LogP contribution in [0.25, 0.3) is 0 Å². The standard InChI is InChI=1S/C12H22N2O/c1-9-6-10(7-9)8-14-5-3-4-11(14)12(15)13-2/h9-11H,3-8H2,1-2H3,(H,13,15). The summed E-state index contributed by atoms with van der Waals surface area (Å²) in [7, 11) is 1.74. The highest BCUT2D eigenvalue weighted by Crippen LogP contribution is 2.35. The minimum Gasteiger partial charge on any atom is -0.358 e. The Morgan fingerprint density at radius 1 is 1.47 bits per heavy atom. The van der Waals surface area contributed by atoms with Crippen LogP contribution in [0.2, 0.25) is 0 Å². The molecule has 15 heavy (non-hydrogen) atoms. The summed E-state index contributed by atoms with van der Waals surface area (Å²) in [6.45, 7) is 4.57. The maximum absolute atomic E-state index is 11.6. The molecule has 1 heterocycles. The van der Waals surface area contributed by atoms with Gasteiger partial charge in [0.25, 0.3) is 0 Å². The lowest BCUT2D eigenvalue weighted by molar-refractivity contribution is -0.125. The predicted octanol–water partition coefficient (Wildman–Crippen LogP) is 1.24. The average molecular weight is 210 g/mol. The number of hydrogen-bond donors (Lipinski definition) is 1. The van der Waals surface area contributed by atoms with Crippen molar-refractivity contribution in [2.75, 3.05) is 20.1 Å². The zero-order chi connectivity index (χ0) is 10.8.